The SMILES string of the molecule is Cc1ccc(CSc2nc3c(c(=O)n(C)c(=O)n3C)n2CCC(C)C)cc1. The van der Waals surface area contributed by atoms with Gasteiger partial charge in [0.1, 0.15) is 0 Å². The molecule has 0 fully saturated rings. The highest BCUT2D eigenvalue weighted by atomic mass is 32.2. The van der Waals surface area contributed by atoms with Gasteiger partial charge >= 0.3 is 5.69 Å². The second kappa shape index (κ2) is 7.76. The van der Waals surface area contributed by atoms with E-state index >= 15 is 0 Å². The molecule has 0 aliphatic rings. The van der Waals surface area contributed by atoms with Crippen molar-refractivity contribution >= 4 is 22.9 Å². The minimum absolute atomic E-state index is 0.286. The molecule has 0 atom stereocenters. The molecule has 0 radical (unpaired) electrons. The van der Waals surface area contributed by atoms with Crippen LogP contribution in [0.2, 0.25) is 0 Å². The monoisotopic (exact) mass is 386 g/mol. The van der Waals surface area contributed by atoms with E-state index in [1.54, 1.807) is 18.8 Å². The van der Waals surface area contributed by atoms with Gasteiger partial charge in [-0.2, -0.15) is 0 Å². The Bertz CT molecular complexity index is 1070. The van der Waals surface area contributed by atoms with Crippen LogP contribution in [0.4, 0.5) is 0 Å². The molecule has 0 N–H and O–H groups in total. The van der Waals surface area contributed by atoms with Crippen LogP contribution in [0.15, 0.2) is 39.0 Å². The molecule has 0 saturated carbocycles. The number of aromatic nitrogens is 4. The molecule has 144 valence electrons. The van der Waals surface area contributed by atoms with Crippen LogP contribution in [0.25, 0.3) is 11.2 Å². The molecule has 3 aromatic rings. The Morgan fingerprint density at radius 3 is 2.37 bits per heavy atom. The van der Waals surface area contributed by atoms with Crippen molar-refractivity contribution in [3.05, 3.63) is 56.2 Å². The normalized spacial score (nSPS) is 11.6. The van der Waals surface area contributed by atoms with Crippen LogP contribution < -0.4 is 11.2 Å². The molecule has 2 aromatic heterocycles. The molecule has 2 heterocycles. The van der Waals surface area contributed by atoms with E-state index in [9.17, 15) is 9.59 Å². The molecule has 0 aliphatic heterocycles. The van der Waals surface area contributed by atoms with Crippen molar-refractivity contribution in [3.63, 3.8) is 0 Å². The lowest BCUT2D eigenvalue weighted by Gasteiger charge is -2.11. The second-order valence-electron chi connectivity index (χ2n) is 7.38. The number of fused-ring (bicyclic) bond motifs is 1. The largest absolute Gasteiger partial charge is 0.332 e. The van der Waals surface area contributed by atoms with Gasteiger partial charge in [0.2, 0.25) is 0 Å². The fraction of sp³-hybridized carbons (Fsp3) is 0.450. The van der Waals surface area contributed by atoms with Crippen molar-refractivity contribution in [2.24, 2.45) is 20.0 Å². The Kier molecular flexibility index (Phi) is 5.60. The lowest BCUT2D eigenvalue weighted by atomic mass is 10.1. The summed E-state index contributed by atoms with van der Waals surface area (Å²) in [4.78, 5) is 29.7. The van der Waals surface area contributed by atoms with Crippen molar-refractivity contribution in [3.8, 4) is 0 Å². The van der Waals surface area contributed by atoms with Crippen LogP contribution in [0.3, 0.4) is 0 Å². The van der Waals surface area contributed by atoms with E-state index in [0.29, 0.717) is 23.6 Å². The predicted molar refractivity (Wildman–Crippen MR) is 110 cm³/mol. The van der Waals surface area contributed by atoms with Crippen molar-refractivity contribution in [1.82, 2.24) is 18.7 Å². The summed E-state index contributed by atoms with van der Waals surface area (Å²) in [6.45, 7) is 7.09. The molecule has 1 aromatic carbocycles. The van der Waals surface area contributed by atoms with Gasteiger partial charge in [-0.3, -0.25) is 13.9 Å². The van der Waals surface area contributed by atoms with E-state index in [2.05, 4.69) is 50.0 Å². The fourth-order valence-electron chi connectivity index (χ4n) is 2.96. The maximum absolute atomic E-state index is 12.8. The van der Waals surface area contributed by atoms with Crippen LogP contribution in [0.1, 0.15) is 31.4 Å². The molecular formula is C20H26N4O2S. The number of imidazole rings is 1. The molecule has 0 aliphatic carbocycles. The maximum Gasteiger partial charge on any atom is 0.332 e. The summed E-state index contributed by atoms with van der Waals surface area (Å²) >= 11 is 1.60. The Hall–Kier alpha value is -2.28. The quantitative estimate of drug-likeness (QED) is 0.611. The van der Waals surface area contributed by atoms with Gasteiger partial charge in [-0.15, -0.1) is 0 Å². The van der Waals surface area contributed by atoms with Gasteiger partial charge in [0.05, 0.1) is 0 Å². The molecule has 27 heavy (non-hydrogen) atoms. The molecule has 0 saturated heterocycles. The summed E-state index contributed by atoms with van der Waals surface area (Å²) in [5.74, 6) is 1.27. The highest BCUT2D eigenvalue weighted by Gasteiger charge is 2.19. The summed E-state index contributed by atoms with van der Waals surface area (Å²) in [5.41, 5.74) is 2.76. The zero-order chi connectivity index (χ0) is 19.7. The fourth-order valence-corrected chi connectivity index (χ4v) is 3.94. The molecule has 3 rings (SSSR count). The Balaban J connectivity index is 2.07. The molecule has 0 spiro atoms. The van der Waals surface area contributed by atoms with Crippen LogP contribution >= 0.6 is 11.8 Å². The Morgan fingerprint density at radius 2 is 1.74 bits per heavy atom. The highest BCUT2D eigenvalue weighted by Crippen LogP contribution is 2.26. The third-order valence-electron chi connectivity index (χ3n) is 4.73. The average Bonchev–Trinajstić information content (AvgIpc) is 3.01. The summed E-state index contributed by atoms with van der Waals surface area (Å²) < 4.78 is 4.60. The summed E-state index contributed by atoms with van der Waals surface area (Å²) in [6.07, 6.45) is 0.940. The van der Waals surface area contributed by atoms with Crippen LogP contribution in [-0.4, -0.2) is 18.7 Å². The number of hydrogen-bond donors (Lipinski definition) is 0. The Morgan fingerprint density at radius 1 is 1.07 bits per heavy atom. The predicted octanol–water partition coefficient (Wildman–Crippen LogP) is 3.08. The van der Waals surface area contributed by atoms with E-state index in [1.807, 2.05) is 4.57 Å². The van der Waals surface area contributed by atoms with E-state index in [-0.39, 0.29) is 11.2 Å². The third-order valence-corrected chi connectivity index (χ3v) is 5.78. The van der Waals surface area contributed by atoms with Crippen molar-refractivity contribution < 1.29 is 0 Å². The van der Waals surface area contributed by atoms with Gasteiger partial charge < -0.3 is 4.57 Å². The molecule has 0 unspecified atom stereocenters. The van der Waals surface area contributed by atoms with E-state index in [1.165, 1.54) is 22.7 Å². The molecule has 7 heteroatoms. The third kappa shape index (κ3) is 3.88. The first kappa shape index (κ1) is 19.5. The molecule has 0 bridgehead atoms. The summed E-state index contributed by atoms with van der Waals surface area (Å²) in [7, 11) is 3.18. The number of aryl methyl sites for hydroxylation is 3. The number of thioether (sulfide) groups is 1. The first-order valence-electron chi connectivity index (χ1n) is 9.14. The van der Waals surface area contributed by atoms with Crippen LogP contribution in [-0.2, 0) is 26.4 Å². The standard InChI is InChI=1S/C20H26N4O2S/c1-13(2)10-11-24-16-17(22(4)20(26)23(5)18(16)25)21-19(24)27-12-15-8-6-14(3)7-9-15/h6-9,13H,10-12H2,1-5H3. The highest BCUT2D eigenvalue weighted by molar-refractivity contribution is 7.98. The Labute approximate surface area is 162 Å². The van der Waals surface area contributed by atoms with Gasteiger partial charge in [-0.05, 0) is 24.8 Å². The van der Waals surface area contributed by atoms with Gasteiger partial charge in [-0.25, -0.2) is 9.78 Å². The van der Waals surface area contributed by atoms with Gasteiger partial charge in [0.15, 0.2) is 16.3 Å². The van der Waals surface area contributed by atoms with Crippen molar-refractivity contribution in [2.45, 2.75) is 44.6 Å². The van der Waals surface area contributed by atoms with E-state index in [0.717, 1.165) is 21.9 Å². The first-order valence-corrected chi connectivity index (χ1v) is 10.1. The lowest BCUT2D eigenvalue weighted by molar-refractivity contribution is 0.502. The van der Waals surface area contributed by atoms with E-state index < -0.39 is 0 Å². The zero-order valence-electron chi connectivity index (χ0n) is 16.5. The van der Waals surface area contributed by atoms with Gasteiger partial charge in [0.25, 0.3) is 5.56 Å². The van der Waals surface area contributed by atoms with Crippen molar-refractivity contribution in [2.75, 3.05) is 0 Å². The van der Waals surface area contributed by atoms with Crippen LogP contribution in [0.5, 0.6) is 0 Å². The maximum atomic E-state index is 12.8. The molecule has 6 nitrogen and oxygen atoms in total. The minimum Gasteiger partial charge on any atom is -0.313 e. The number of nitrogens with zero attached hydrogens (tertiary/aromatic N) is 4. The topological polar surface area (TPSA) is 61.8 Å². The molecule has 0 amide bonds. The second-order valence-corrected chi connectivity index (χ2v) is 8.32. The van der Waals surface area contributed by atoms with E-state index in [4.69, 9.17) is 0 Å². The van der Waals surface area contributed by atoms with Gasteiger partial charge in [-0.1, -0.05) is 55.4 Å². The van der Waals surface area contributed by atoms with Gasteiger partial charge in [0, 0.05) is 26.4 Å². The van der Waals surface area contributed by atoms with Crippen molar-refractivity contribution in [1.29, 1.82) is 0 Å². The molecular weight excluding hydrogens is 360 g/mol. The lowest BCUT2D eigenvalue weighted by Crippen LogP contribution is -2.37. The summed E-state index contributed by atoms with van der Waals surface area (Å²) in [5, 5.41) is 0.782. The first-order chi connectivity index (χ1) is 12.8. The number of hydrogen-bond acceptors (Lipinski definition) is 4. The average molecular weight is 387 g/mol. The zero-order valence-corrected chi connectivity index (χ0v) is 17.3. The smallest absolute Gasteiger partial charge is 0.313 e. The van der Waals surface area contributed by atoms with Crippen LogP contribution in [0, 0.1) is 12.8 Å². The number of benzene rings is 1. The minimum atomic E-state index is -0.351. The number of rotatable bonds is 6. The summed E-state index contributed by atoms with van der Waals surface area (Å²) in [6, 6.07) is 8.41.